The van der Waals surface area contributed by atoms with E-state index in [0.717, 1.165) is 6.07 Å². The minimum Gasteiger partial charge on any atom is -1.00 e. The van der Waals surface area contributed by atoms with Crippen molar-refractivity contribution >= 4 is 28.7 Å². The van der Waals surface area contributed by atoms with Crippen molar-refractivity contribution in [1.82, 2.24) is 0 Å². The summed E-state index contributed by atoms with van der Waals surface area (Å²) < 4.78 is 19.3. The van der Waals surface area contributed by atoms with E-state index in [1.165, 1.54) is 12.1 Å². The molecule has 2 N–H and O–H groups in total. The van der Waals surface area contributed by atoms with Crippen molar-refractivity contribution in [1.29, 1.82) is 0 Å². The molecule has 0 aliphatic heterocycles. The van der Waals surface area contributed by atoms with Gasteiger partial charge in [0.2, 0.25) is 0 Å². The van der Waals surface area contributed by atoms with E-state index in [9.17, 15) is 9.00 Å². The Kier molecular flexibility index (Phi) is 10.1. The average molecular weight is 269 g/mol. The Morgan fingerprint density at radius 3 is 2.33 bits per heavy atom. The molecule has 0 saturated heterocycles. The fraction of sp³-hybridized carbons (Fsp3) is 0. The molecule has 1 aromatic rings. The first-order valence-corrected chi connectivity index (χ1v) is 4.64. The number of halogens is 1. The van der Waals surface area contributed by atoms with Crippen LogP contribution in [0.25, 0.3) is 0 Å². The number of hydrogen-bond donors (Lipinski definition) is 2. The Morgan fingerprint density at radius 1 is 1.40 bits per heavy atom. The van der Waals surface area contributed by atoms with Crippen molar-refractivity contribution in [3.8, 4) is 0 Å². The maximum Gasteiger partial charge on any atom is 1.00 e. The van der Waals surface area contributed by atoms with Gasteiger partial charge in [0, 0.05) is 0 Å². The van der Waals surface area contributed by atoms with Gasteiger partial charge in [-0.25, -0.2) is 9.00 Å². The van der Waals surface area contributed by atoms with Gasteiger partial charge in [0.1, 0.15) is 0 Å². The summed E-state index contributed by atoms with van der Waals surface area (Å²) in [6.45, 7) is 0. The van der Waals surface area contributed by atoms with E-state index in [0.29, 0.717) is 0 Å². The number of hydrogen-bond acceptors (Lipinski definition) is 2. The van der Waals surface area contributed by atoms with Crippen LogP contribution in [0.15, 0.2) is 23.1 Å². The molecule has 15 heavy (non-hydrogen) atoms. The molecular weight excluding hydrogens is 262 g/mol. The summed E-state index contributed by atoms with van der Waals surface area (Å²) in [5, 5.41) is 8.63. The zero-order chi connectivity index (χ0) is 10.0. The summed E-state index contributed by atoms with van der Waals surface area (Å²) in [6, 6.07) is 3.61. The van der Waals surface area contributed by atoms with Gasteiger partial charge in [-0.05, 0) is 18.2 Å². The van der Waals surface area contributed by atoms with Crippen LogP contribution in [0.3, 0.4) is 0 Å². The van der Waals surface area contributed by atoms with E-state index in [4.69, 9.17) is 21.3 Å². The molecule has 0 aliphatic carbocycles. The van der Waals surface area contributed by atoms with Gasteiger partial charge in [-0.1, -0.05) is 11.6 Å². The summed E-state index contributed by atoms with van der Waals surface area (Å²) in [4.78, 5) is 10.4. The quantitative estimate of drug-likeness (QED) is 0.422. The van der Waals surface area contributed by atoms with Gasteiger partial charge in [0.05, 0.1) is 15.5 Å². The normalized spacial score (nSPS) is 10.8. The molecule has 1 atom stereocenters. The predicted octanol–water partition coefficient (Wildman–Crippen LogP) is -4.15. The third kappa shape index (κ3) is 5.30. The second-order valence-electron chi connectivity index (χ2n) is 2.20. The van der Waals surface area contributed by atoms with Gasteiger partial charge in [0.15, 0.2) is 11.1 Å². The van der Waals surface area contributed by atoms with Crippen molar-refractivity contribution in [3.05, 3.63) is 28.8 Å². The summed E-state index contributed by atoms with van der Waals surface area (Å²) in [5.74, 6) is -1.16. The molecule has 1 aromatic carbocycles. The Morgan fingerprint density at radius 2 is 1.93 bits per heavy atom. The molecule has 74 valence electrons. The average Bonchev–Trinajstić information content (AvgIpc) is 2.04. The smallest absolute Gasteiger partial charge is 1.00 e. The maximum absolute atomic E-state index is 10.6. The molecular formula is C7H7ClNa2O4S. The number of carbonyl (C=O) groups is 1. The summed E-state index contributed by atoms with van der Waals surface area (Å²) in [6.07, 6.45) is 0. The van der Waals surface area contributed by atoms with E-state index in [-0.39, 0.29) is 77.4 Å². The molecule has 8 heteroatoms. The van der Waals surface area contributed by atoms with Gasteiger partial charge in [0.25, 0.3) is 0 Å². The Labute approximate surface area is 141 Å². The van der Waals surface area contributed by atoms with Gasteiger partial charge < -0.3 is 12.5 Å². The molecule has 4 nitrogen and oxygen atoms in total. The van der Waals surface area contributed by atoms with Crippen LogP contribution >= 0.6 is 11.6 Å². The van der Waals surface area contributed by atoms with Crippen LogP contribution in [0.2, 0.25) is 5.02 Å². The van der Waals surface area contributed by atoms with Crippen LogP contribution in [0, 0.1) is 0 Å². The molecule has 0 amide bonds. The van der Waals surface area contributed by atoms with Crippen LogP contribution in [0.4, 0.5) is 0 Å². The molecule has 0 radical (unpaired) electrons. The molecule has 0 bridgehead atoms. The van der Waals surface area contributed by atoms with E-state index < -0.39 is 17.0 Å². The minimum atomic E-state index is -2.26. The van der Waals surface area contributed by atoms with E-state index >= 15 is 0 Å². The summed E-state index contributed by atoms with van der Waals surface area (Å²) in [7, 11) is 0. The Bertz CT molecular complexity index is 394. The van der Waals surface area contributed by atoms with Gasteiger partial charge in [-0.2, -0.15) is 0 Å². The first-order chi connectivity index (χ1) is 6.02. The van der Waals surface area contributed by atoms with Crippen molar-refractivity contribution in [2.75, 3.05) is 0 Å². The molecule has 0 fully saturated rings. The fourth-order valence-corrected chi connectivity index (χ4v) is 1.55. The third-order valence-electron chi connectivity index (χ3n) is 1.37. The van der Waals surface area contributed by atoms with Crippen LogP contribution in [-0.4, -0.2) is 19.8 Å². The predicted molar refractivity (Wildman–Crippen MR) is 49.7 cm³/mol. The van der Waals surface area contributed by atoms with Crippen LogP contribution < -0.4 is 59.1 Å². The van der Waals surface area contributed by atoms with E-state index in [1.54, 1.807) is 0 Å². The van der Waals surface area contributed by atoms with Crippen LogP contribution in [-0.2, 0) is 11.1 Å². The standard InChI is InChI=1S/C7H5ClO4S.2Na.2H/c8-5-2-1-4(7(9)10)3-6(5)13(11)12;;;;/h1-3H,(H,9,10)(H,11,12);;;;/q;2*+1;2*-1. The Balaban J connectivity index is -0.000000211. The Hall–Kier alpha value is 1.09. The maximum atomic E-state index is 10.6. The summed E-state index contributed by atoms with van der Waals surface area (Å²) in [5.41, 5.74) is -0.0678. The van der Waals surface area contributed by atoms with Crippen molar-refractivity contribution in [2.24, 2.45) is 0 Å². The zero-order valence-corrected chi connectivity index (χ0v) is 13.8. The summed E-state index contributed by atoms with van der Waals surface area (Å²) >= 11 is 3.29. The minimum absolute atomic E-state index is 0. The monoisotopic (exact) mass is 268 g/mol. The SMILES string of the molecule is O=C(O)c1ccc(Cl)c(S(=O)O)c1.[H-].[H-].[Na+].[Na+]. The van der Waals surface area contributed by atoms with Gasteiger partial charge in [-0.3, -0.25) is 0 Å². The molecule has 0 spiro atoms. The van der Waals surface area contributed by atoms with Gasteiger partial charge >= 0.3 is 65.1 Å². The molecule has 1 rings (SSSR count). The van der Waals surface area contributed by atoms with Crippen molar-refractivity contribution in [3.63, 3.8) is 0 Å². The van der Waals surface area contributed by atoms with Crippen LogP contribution in [0.5, 0.6) is 0 Å². The number of carboxylic acid groups (broad SMARTS) is 1. The first-order valence-electron chi connectivity index (χ1n) is 3.16. The number of rotatable bonds is 2. The van der Waals surface area contributed by atoms with E-state index in [1.807, 2.05) is 0 Å². The topological polar surface area (TPSA) is 74.6 Å². The molecule has 1 unspecified atom stereocenters. The van der Waals surface area contributed by atoms with Crippen LogP contribution in [0.1, 0.15) is 13.2 Å². The van der Waals surface area contributed by atoms with Crippen molar-refractivity contribution in [2.45, 2.75) is 4.90 Å². The molecule has 0 heterocycles. The molecule has 0 saturated carbocycles. The van der Waals surface area contributed by atoms with Gasteiger partial charge in [-0.15, -0.1) is 0 Å². The third-order valence-corrected chi connectivity index (χ3v) is 2.52. The number of aromatic carboxylic acids is 1. The van der Waals surface area contributed by atoms with Crippen molar-refractivity contribution < 1.29 is 80.6 Å². The number of carboxylic acids is 1. The molecule has 0 aliphatic rings. The second kappa shape index (κ2) is 8.22. The first kappa shape index (κ1) is 18.5. The number of benzene rings is 1. The fourth-order valence-electron chi connectivity index (χ4n) is 0.770. The largest absolute Gasteiger partial charge is 1.00 e. The van der Waals surface area contributed by atoms with E-state index in [2.05, 4.69) is 0 Å². The molecule has 0 aromatic heterocycles. The zero-order valence-electron chi connectivity index (χ0n) is 10.2. The second-order valence-corrected chi connectivity index (χ2v) is 3.54.